The number of carbonyl (C=O) groups is 1. The van der Waals surface area contributed by atoms with Gasteiger partial charge in [-0.3, -0.25) is 4.79 Å². The summed E-state index contributed by atoms with van der Waals surface area (Å²) in [5.41, 5.74) is -0.494. The second-order valence-corrected chi connectivity index (χ2v) is 5.34. The van der Waals surface area contributed by atoms with E-state index in [4.69, 9.17) is 0 Å². The van der Waals surface area contributed by atoms with Crippen molar-refractivity contribution < 1.29 is 4.79 Å². The Bertz CT molecular complexity index is 212. The maximum absolute atomic E-state index is 11.9. The van der Waals surface area contributed by atoms with Gasteiger partial charge in [0.1, 0.15) is 0 Å². The van der Waals surface area contributed by atoms with Crippen molar-refractivity contribution in [2.45, 2.75) is 45.7 Å². The Balaban J connectivity index is 3.87. The van der Waals surface area contributed by atoms with Crippen LogP contribution in [0.25, 0.3) is 0 Å². The summed E-state index contributed by atoms with van der Waals surface area (Å²) >= 11 is 0. The number of nitrogens with one attached hydrogen (secondary N) is 2. The molecule has 0 rings (SSSR count). The normalized spacial score (nSPS) is 12.2. The molecule has 0 atom stereocenters. The first kappa shape index (κ1) is 15.4. The zero-order chi connectivity index (χ0) is 12.8. The average Bonchev–Trinajstić information content (AvgIpc) is 2.09. The Morgan fingerprint density at radius 1 is 1.31 bits per heavy atom. The predicted molar refractivity (Wildman–Crippen MR) is 68.5 cm³/mol. The maximum Gasteiger partial charge on any atom is 0.239 e. The lowest BCUT2D eigenvalue weighted by atomic mass is 10.0. The Kier molecular flexibility index (Phi) is 6.60. The van der Waals surface area contributed by atoms with Crippen molar-refractivity contribution in [2.24, 2.45) is 0 Å². The van der Waals surface area contributed by atoms with E-state index in [1.54, 1.807) is 0 Å². The number of rotatable bonds is 7. The molecule has 0 fully saturated rings. The molecule has 0 radical (unpaired) electrons. The smallest absolute Gasteiger partial charge is 0.239 e. The molecule has 0 aromatic rings. The highest BCUT2D eigenvalue weighted by Crippen LogP contribution is 2.03. The Morgan fingerprint density at radius 3 is 2.31 bits per heavy atom. The molecule has 1 amide bonds. The molecular weight excluding hydrogens is 202 g/mol. The Hall–Kier alpha value is -0.610. The predicted octanol–water partition coefficient (Wildman–Crippen LogP) is 0.831. The van der Waals surface area contributed by atoms with E-state index in [9.17, 15) is 4.79 Å². The highest BCUT2D eigenvalue weighted by Gasteiger charge is 2.27. The van der Waals surface area contributed by atoms with Crippen molar-refractivity contribution in [2.75, 3.05) is 27.2 Å². The van der Waals surface area contributed by atoms with Gasteiger partial charge >= 0.3 is 0 Å². The van der Waals surface area contributed by atoms with Gasteiger partial charge in [0.2, 0.25) is 5.91 Å². The SMILES string of the molecule is CC(C)NC(C)(C)C(=O)NCCCN(C)C. The van der Waals surface area contributed by atoms with Gasteiger partial charge < -0.3 is 15.5 Å². The molecule has 0 aromatic carbocycles. The second-order valence-electron chi connectivity index (χ2n) is 5.34. The first-order valence-corrected chi connectivity index (χ1v) is 5.96. The third kappa shape index (κ3) is 6.80. The molecule has 0 bridgehead atoms. The van der Waals surface area contributed by atoms with Crippen LogP contribution in [-0.4, -0.2) is 49.6 Å². The van der Waals surface area contributed by atoms with Crippen molar-refractivity contribution in [1.29, 1.82) is 0 Å². The molecule has 96 valence electrons. The van der Waals surface area contributed by atoms with E-state index in [0.717, 1.165) is 19.5 Å². The first-order valence-electron chi connectivity index (χ1n) is 5.96. The van der Waals surface area contributed by atoms with E-state index in [0.29, 0.717) is 6.04 Å². The Morgan fingerprint density at radius 2 is 1.88 bits per heavy atom. The van der Waals surface area contributed by atoms with Crippen LogP contribution in [0.3, 0.4) is 0 Å². The lowest BCUT2D eigenvalue weighted by molar-refractivity contribution is -0.126. The topological polar surface area (TPSA) is 44.4 Å². The van der Waals surface area contributed by atoms with E-state index < -0.39 is 5.54 Å². The second kappa shape index (κ2) is 6.86. The maximum atomic E-state index is 11.9. The highest BCUT2D eigenvalue weighted by molar-refractivity contribution is 5.85. The van der Waals surface area contributed by atoms with Crippen LogP contribution in [0.1, 0.15) is 34.1 Å². The quantitative estimate of drug-likeness (QED) is 0.636. The molecule has 16 heavy (non-hydrogen) atoms. The Labute approximate surface area is 99.8 Å². The molecule has 2 N–H and O–H groups in total. The van der Waals surface area contributed by atoms with Gasteiger partial charge in [-0.15, -0.1) is 0 Å². The standard InChI is InChI=1S/C12H27N3O/c1-10(2)14-12(3,4)11(16)13-8-7-9-15(5)6/h10,14H,7-9H2,1-6H3,(H,13,16). The van der Waals surface area contributed by atoms with Crippen molar-refractivity contribution in [3.05, 3.63) is 0 Å². The summed E-state index contributed by atoms with van der Waals surface area (Å²) in [6, 6.07) is 0.308. The number of carbonyl (C=O) groups excluding carboxylic acids is 1. The molecule has 0 saturated heterocycles. The molecule has 0 aliphatic rings. The van der Waals surface area contributed by atoms with Crippen LogP contribution >= 0.6 is 0 Å². The number of hydrogen-bond donors (Lipinski definition) is 2. The van der Waals surface area contributed by atoms with Gasteiger partial charge in [-0.1, -0.05) is 0 Å². The molecule has 0 saturated carbocycles. The minimum absolute atomic E-state index is 0.0694. The molecule has 0 spiro atoms. The molecular formula is C12H27N3O. The highest BCUT2D eigenvalue weighted by atomic mass is 16.2. The van der Waals surface area contributed by atoms with Crippen LogP contribution in [0, 0.1) is 0 Å². The zero-order valence-electron chi connectivity index (χ0n) is 11.6. The molecule has 0 unspecified atom stereocenters. The summed E-state index contributed by atoms with van der Waals surface area (Å²) in [7, 11) is 4.07. The summed E-state index contributed by atoms with van der Waals surface area (Å²) < 4.78 is 0. The minimum Gasteiger partial charge on any atom is -0.354 e. The molecule has 0 aromatic heterocycles. The van der Waals surface area contributed by atoms with E-state index >= 15 is 0 Å². The molecule has 4 heteroatoms. The summed E-state index contributed by atoms with van der Waals surface area (Å²) in [6.45, 7) is 9.64. The van der Waals surface area contributed by atoms with Crippen molar-refractivity contribution in [3.8, 4) is 0 Å². The summed E-state index contributed by atoms with van der Waals surface area (Å²) in [5, 5.41) is 6.20. The third-order valence-corrected chi connectivity index (χ3v) is 2.28. The van der Waals surface area contributed by atoms with Gasteiger partial charge in [-0.25, -0.2) is 0 Å². The van der Waals surface area contributed by atoms with Gasteiger partial charge in [0.25, 0.3) is 0 Å². The van der Waals surface area contributed by atoms with Gasteiger partial charge in [-0.05, 0) is 54.8 Å². The minimum atomic E-state index is -0.494. The average molecular weight is 229 g/mol. The summed E-state index contributed by atoms with van der Waals surface area (Å²) in [4.78, 5) is 14.0. The van der Waals surface area contributed by atoms with Gasteiger partial charge in [0.05, 0.1) is 5.54 Å². The van der Waals surface area contributed by atoms with E-state index in [2.05, 4.69) is 15.5 Å². The van der Waals surface area contributed by atoms with Gasteiger partial charge in [-0.2, -0.15) is 0 Å². The molecule has 0 aliphatic heterocycles. The van der Waals surface area contributed by atoms with E-state index in [1.807, 2.05) is 41.8 Å². The van der Waals surface area contributed by atoms with Crippen LogP contribution in [0.15, 0.2) is 0 Å². The van der Waals surface area contributed by atoms with Crippen LogP contribution < -0.4 is 10.6 Å². The monoisotopic (exact) mass is 229 g/mol. The lowest BCUT2D eigenvalue weighted by Crippen LogP contribution is -2.55. The number of amides is 1. The molecule has 4 nitrogen and oxygen atoms in total. The molecule has 0 aliphatic carbocycles. The van der Waals surface area contributed by atoms with Crippen LogP contribution in [0.4, 0.5) is 0 Å². The van der Waals surface area contributed by atoms with E-state index in [-0.39, 0.29) is 5.91 Å². The van der Waals surface area contributed by atoms with Crippen molar-refractivity contribution >= 4 is 5.91 Å². The fourth-order valence-electron chi connectivity index (χ4n) is 1.61. The number of nitrogens with zero attached hydrogens (tertiary/aromatic N) is 1. The van der Waals surface area contributed by atoms with Crippen LogP contribution in [0.2, 0.25) is 0 Å². The molecule has 0 heterocycles. The number of hydrogen-bond acceptors (Lipinski definition) is 3. The van der Waals surface area contributed by atoms with Crippen molar-refractivity contribution in [1.82, 2.24) is 15.5 Å². The largest absolute Gasteiger partial charge is 0.354 e. The van der Waals surface area contributed by atoms with Crippen LogP contribution in [-0.2, 0) is 4.79 Å². The van der Waals surface area contributed by atoms with Crippen molar-refractivity contribution in [3.63, 3.8) is 0 Å². The summed E-state index contributed by atoms with van der Waals surface area (Å²) in [5.74, 6) is 0.0694. The van der Waals surface area contributed by atoms with Gasteiger partial charge in [0, 0.05) is 12.6 Å². The van der Waals surface area contributed by atoms with E-state index in [1.165, 1.54) is 0 Å². The van der Waals surface area contributed by atoms with Crippen LogP contribution in [0.5, 0.6) is 0 Å². The van der Waals surface area contributed by atoms with Gasteiger partial charge in [0.15, 0.2) is 0 Å². The first-order chi connectivity index (χ1) is 7.25. The fraction of sp³-hybridized carbons (Fsp3) is 0.917. The summed E-state index contributed by atoms with van der Waals surface area (Å²) in [6.07, 6.45) is 0.983. The fourth-order valence-corrected chi connectivity index (χ4v) is 1.61. The zero-order valence-corrected chi connectivity index (χ0v) is 11.6. The lowest BCUT2D eigenvalue weighted by Gasteiger charge is -2.27. The third-order valence-electron chi connectivity index (χ3n) is 2.28.